The van der Waals surface area contributed by atoms with Crippen LogP contribution in [0.2, 0.25) is 0 Å². The van der Waals surface area contributed by atoms with Gasteiger partial charge in [-0.05, 0) is 59.0 Å². The quantitative estimate of drug-likeness (QED) is 0.833. The molecule has 136 valence electrons. The van der Waals surface area contributed by atoms with Crippen LogP contribution < -0.4 is 4.74 Å². The van der Waals surface area contributed by atoms with E-state index >= 15 is 0 Å². The van der Waals surface area contributed by atoms with Crippen molar-refractivity contribution >= 4 is 11.7 Å². The van der Waals surface area contributed by atoms with Crippen LogP contribution in [0.25, 0.3) is 5.57 Å². The molecule has 0 spiro atoms. The summed E-state index contributed by atoms with van der Waals surface area (Å²) in [4.78, 5) is 23.1. The second-order valence-corrected chi connectivity index (χ2v) is 7.62. The molecule has 2 unspecified atom stereocenters. The minimum absolute atomic E-state index is 0.0870. The van der Waals surface area contributed by atoms with E-state index in [2.05, 4.69) is 16.0 Å². The molecule has 3 heterocycles. The Labute approximate surface area is 149 Å². The van der Waals surface area contributed by atoms with E-state index in [1.807, 2.05) is 45.0 Å². The number of fused-ring (bicyclic) bond motifs is 2. The minimum Gasteiger partial charge on any atom is -0.464 e. The summed E-state index contributed by atoms with van der Waals surface area (Å²) >= 11 is 0. The van der Waals surface area contributed by atoms with E-state index in [-0.39, 0.29) is 18.2 Å². The van der Waals surface area contributed by atoms with Crippen LogP contribution in [-0.4, -0.2) is 45.3 Å². The molecule has 6 nitrogen and oxygen atoms in total. The van der Waals surface area contributed by atoms with Gasteiger partial charge in [-0.3, -0.25) is 4.90 Å². The molecule has 1 amide bonds. The lowest BCUT2D eigenvalue weighted by Gasteiger charge is -2.45. The fourth-order valence-electron chi connectivity index (χ4n) is 3.53. The van der Waals surface area contributed by atoms with E-state index in [1.54, 1.807) is 0 Å². The highest BCUT2D eigenvalue weighted by Crippen LogP contribution is 2.37. The lowest BCUT2D eigenvalue weighted by molar-refractivity contribution is 0.0000847. The first-order valence-electron chi connectivity index (χ1n) is 9.04. The van der Waals surface area contributed by atoms with Gasteiger partial charge in [0.25, 0.3) is 0 Å². The summed E-state index contributed by atoms with van der Waals surface area (Å²) in [5, 5.41) is 0. The van der Waals surface area contributed by atoms with Crippen molar-refractivity contribution in [3.05, 3.63) is 24.0 Å². The molecule has 0 aliphatic carbocycles. The van der Waals surface area contributed by atoms with Crippen molar-refractivity contribution in [2.45, 2.75) is 71.1 Å². The second kappa shape index (κ2) is 7.02. The average molecular weight is 345 g/mol. The van der Waals surface area contributed by atoms with Gasteiger partial charge in [0.05, 0.1) is 12.6 Å². The van der Waals surface area contributed by atoms with Gasteiger partial charge in [-0.25, -0.2) is 14.8 Å². The third-order valence-electron chi connectivity index (χ3n) is 4.51. The number of hydrogen-bond acceptors (Lipinski definition) is 5. The van der Waals surface area contributed by atoms with Gasteiger partial charge in [0.1, 0.15) is 5.60 Å². The van der Waals surface area contributed by atoms with Crippen molar-refractivity contribution in [1.82, 2.24) is 14.9 Å². The van der Waals surface area contributed by atoms with E-state index in [1.165, 1.54) is 5.57 Å². The number of ether oxygens (including phenoxy) is 2. The molecular weight excluding hydrogens is 318 g/mol. The molecule has 0 N–H and O–H groups in total. The highest BCUT2D eigenvalue weighted by atomic mass is 16.6. The third-order valence-corrected chi connectivity index (χ3v) is 4.51. The molecule has 1 aromatic rings. The molecule has 25 heavy (non-hydrogen) atoms. The van der Waals surface area contributed by atoms with Gasteiger partial charge in [0.15, 0.2) is 0 Å². The van der Waals surface area contributed by atoms with Gasteiger partial charge >= 0.3 is 12.1 Å². The molecule has 2 atom stereocenters. The van der Waals surface area contributed by atoms with Crippen molar-refractivity contribution in [2.24, 2.45) is 0 Å². The van der Waals surface area contributed by atoms with Crippen molar-refractivity contribution in [3.63, 3.8) is 0 Å². The zero-order valence-electron chi connectivity index (χ0n) is 15.5. The predicted molar refractivity (Wildman–Crippen MR) is 95.3 cm³/mol. The maximum absolute atomic E-state index is 12.6. The molecule has 2 bridgehead atoms. The van der Waals surface area contributed by atoms with Crippen molar-refractivity contribution in [3.8, 4) is 6.01 Å². The Morgan fingerprint density at radius 3 is 2.60 bits per heavy atom. The molecule has 0 saturated carbocycles. The summed E-state index contributed by atoms with van der Waals surface area (Å²) < 4.78 is 10.9. The molecule has 1 fully saturated rings. The maximum atomic E-state index is 12.6. The zero-order valence-corrected chi connectivity index (χ0v) is 15.5. The predicted octanol–water partition coefficient (Wildman–Crippen LogP) is 3.82. The molecule has 6 heteroatoms. The van der Waals surface area contributed by atoms with Gasteiger partial charge in [-0.2, -0.15) is 0 Å². The second-order valence-electron chi connectivity index (χ2n) is 7.62. The summed E-state index contributed by atoms with van der Waals surface area (Å²) in [7, 11) is 0. The first-order valence-corrected chi connectivity index (χ1v) is 9.04. The van der Waals surface area contributed by atoms with Crippen molar-refractivity contribution < 1.29 is 14.3 Å². The fourth-order valence-corrected chi connectivity index (χ4v) is 3.53. The van der Waals surface area contributed by atoms with Gasteiger partial charge in [0.2, 0.25) is 0 Å². The van der Waals surface area contributed by atoms with Crippen LogP contribution in [0.1, 0.15) is 58.9 Å². The number of aromatic nitrogens is 2. The number of carbonyl (C=O) groups is 1. The molecule has 1 aromatic heterocycles. The third kappa shape index (κ3) is 4.11. The Morgan fingerprint density at radius 1 is 1.28 bits per heavy atom. The van der Waals surface area contributed by atoms with Gasteiger partial charge in [0, 0.05) is 24.0 Å². The highest BCUT2D eigenvalue weighted by molar-refractivity contribution is 5.74. The molecule has 0 aromatic carbocycles. The standard InChI is InChI=1S/C19H27N3O3/c1-5-24-17-20-11-14(12-21-17)13-9-15-7-6-8-16(10-13)22(15)18(23)25-19(2,3)4/h9,11-12,15-16H,5-8,10H2,1-4H3. The van der Waals surface area contributed by atoms with Crippen LogP contribution in [0.4, 0.5) is 4.79 Å². The van der Waals surface area contributed by atoms with Crippen LogP contribution in [-0.2, 0) is 4.74 Å². The monoisotopic (exact) mass is 345 g/mol. The Balaban J connectivity index is 1.80. The summed E-state index contributed by atoms with van der Waals surface area (Å²) in [6, 6.07) is 0.669. The van der Waals surface area contributed by atoms with E-state index in [9.17, 15) is 4.79 Å². The number of piperidine rings is 1. The normalized spacial score (nSPS) is 23.0. The number of carbonyl (C=O) groups excluding carboxylic acids is 1. The first-order chi connectivity index (χ1) is 11.9. The molecule has 1 saturated heterocycles. The lowest BCUT2D eigenvalue weighted by atomic mass is 9.83. The van der Waals surface area contributed by atoms with Crippen LogP contribution in [0.3, 0.4) is 0 Å². The van der Waals surface area contributed by atoms with Gasteiger partial charge < -0.3 is 9.47 Å². The van der Waals surface area contributed by atoms with Crippen LogP contribution in [0.15, 0.2) is 18.5 Å². The Bertz CT molecular complexity index is 649. The highest BCUT2D eigenvalue weighted by Gasteiger charge is 2.39. The molecule has 2 aliphatic rings. The van der Waals surface area contributed by atoms with Crippen molar-refractivity contribution in [2.75, 3.05) is 6.61 Å². The van der Waals surface area contributed by atoms with Gasteiger partial charge in [-0.1, -0.05) is 6.08 Å². The Kier molecular flexibility index (Phi) is 4.97. The number of amides is 1. The Morgan fingerprint density at radius 2 is 2.00 bits per heavy atom. The van der Waals surface area contributed by atoms with Crippen LogP contribution in [0.5, 0.6) is 6.01 Å². The van der Waals surface area contributed by atoms with Gasteiger partial charge in [-0.15, -0.1) is 0 Å². The van der Waals surface area contributed by atoms with Crippen LogP contribution >= 0.6 is 0 Å². The maximum Gasteiger partial charge on any atom is 0.411 e. The smallest absolute Gasteiger partial charge is 0.411 e. The van der Waals surface area contributed by atoms with Crippen LogP contribution in [0, 0.1) is 0 Å². The zero-order chi connectivity index (χ0) is 18.0. The van der Waals surface area contributed by atoms with E-state index in [0.29, 0.717) is 12.6 Å². The SMILES string of the molecule is CCOc1ncc(C2=CC3CCCC(C2)N3C(=O)OC(C)(C)C)cn1. The summed E-state index contributed by atoms with van der Waals surface area (Å²) in [6.45, 7) is 8.18. The molecule has 3 rings (SSSR count). The molecular formula is C19H27N3O3. The van der Waals surface area contributed by atoms with E-state index in [4.69, 9.17) is 9.47 Å². The fraction of sp³-hybridized carbons (Fsp3) is 0.632. The summed E-state index contributed by atoms with van der Waals surface area (Å²) in [6.07, 6.45) is 9.51. The Hall–Kier alpha value is -2.11. The summed E-state index contributed by atoms with van der Waals surface area (Å²) in [5.74, 6) is 0. The van der Waals surface area contributed by atoms with E-state index < -0.39 is 5.60 Å². The summed E-state index contributed by atoms with van der Waals surface area (Å²) in [5.41, 5.74) is 1.74. The number of hydrogen-bond donors (Lipinski definition) is 0. The topological polar surface area (TPSA) is 64.5 Å². The average Bonchev–Trinajstić information content (AvgIpc) is 2.53. The van der Waals surface area contributed by atoms with E-state index in [0.717, 1.165) is 31.2 Å². The molecule has 2 aliphatic heterocycles. The first kappa shape index (κ1) is 17.7. The molecule has 0 radical (unpaired) electrons. The minimum atomic E-state index is -0.474. The largest absolute Gasteiger partial charge is 0.464 e. The van der Waals surface area contributed by atoms with Crippen molar-refractivity contribution in [1.29, 1.82) is 0 Å². The number of nitrogens with zero attached hydrogens (tertiary/aromatic N) is 3. The lowest BCUT2D eigenvalue weighted by Crippen LogP contribution is -2.53. The number of rotatable bonds is 3.